The van der Waals surface area contributed by atoms with Crippen LogP contribution in [0.2, 0.25) is 0 Å². The van der Waals surface area contributed by atoms with Gasteiger partial charge in [0.05, 0.1) is 6.42 Å². The lowest BCUT2D eigenvalue weighted by atomic mass is 10.00. The predicted octanol–water partition coefficient (Wildman–Crippen LogP) is 2.72. The number of carbonyl (C=O) groups is 2. The standard InChI is InChI=1S/C12H22O3/c1-6-9(2)10(13)7-8-11(14)15-12(3,4)5/h9H,6-8H2,1-5H3. The van der Waals surface area contributed by atoms with E-state index in [0.717, 1.165) is 6.42 Å². The largest absolute Gasteiger partial charge is 0.460 e. The maximum atomic E-state index is 11.4. The van der Waals surface area contributed by atoms with E-state index in [2.05, 4.69) is 0 Å². The smallest absolute Gasteiger partial charge is 0.306 e. The van der Waals surface area contributed by atoms with Gasteiger partial charge in [-0.3, -0.25) is 9.59 Å². The van der Waals surface area contributed by atoms with Crippen molar-refractivity contribution in [2.24, 2.45) is 5.92 Å². The summed E-state index contributed by atoms with van der Waals surface area (Å²) in [5.41, 5.74) is -0.462. The second-order valence-electron chi connectivity index (χ2n) is 4.86. The number of esters is 1. The Bertz CT molecular complexity index is 226. The van der Waals surface area contributed by atoms with Crippen molar-refractivity contribution in [3.63, 3.8) is 0 Å². The Balaban J connectivity index is 3.87. The highest BCUT2D eigenvalue weighted by Crippen LogP contribution is 2.11. The van der Waals surface area contributed by atoms with Gasteiger partial charge in [0.25, 0.3) is 0 Å². The summed E-state index contributed by atoms with van der Waals surface area (Å²) in [6.45, 7) is 9.32. The second-order valence-corrected chi connectivity index (χ2v) is 4.86. The van der Waals surface area contributed by atoms with Gasteiger partial charge in [-0.1, -0.05) is 13.8 Å². The topological polar surface area (TPSA) is 43.4 Å². The van der Waals surface area contributed by atoms with Crippen LogP contribution in [0, 0.1) is 5.92 Å². The molecule has 0 aliphatic heterocycles. The fraction of sp³-hybridized carbons (Fsp3) is 0.833. The zero-order valence-electron chi connectivity index (χ0n) is 10.4. The van der Waals surface area contributed by atoms with Crippen molar-refractivity contribution < 1.29 is 14.3 Å². The molecule has 0 heterocycles. The van der Waals surface area contributed by atoms with Crippen LogP contribution in [0.15, 0.2) is 0 Å². The average Bonchev–Trinajstić information content (AvgIpc) is 2.10. The molecule has 0 N–H and O–H groups in total. The van der Waals surface area contributed by atoms with Gasteiger partial charge in [0.2, 0.25) is 0 Å². The third-order valence-corrected chi connectivity index (χ3v) is 2.16. The summed E-state index contributed by atoms with van der Waals surface area (Å²) < 4.78 is 5.11. The fourth-order valence-electron chi connectivity index (χ4n) is 1.09. The Morgan fingerprint density at radius 2 is 1.73 bits per heavy atom. The summed E-state index contributed by atoms with van der Waals surface area (Å²) in [4.78, 5) is 22.7. The number of carbonyl (C=O) groups excluding carboxylic acids is 2. The minimum Gasteiger partial charge on any atom is -0.460 e. The van der Waals surface area contributed by atoms with Crippen molar-refractivity contribution in [1.29, 1.82) is 0 Å². The van der Waals surface area contributed by atoms with E-state index < -0.39 is 5.60 Å². The van der Waals surface area contributed by atoms with Crippen molar-refractivity contribution >= 4 is 11.8 Å². The normalized spacial score (nSPS) is 13.4. The third kappa shape index (κ3) is 7.11. The highest BCUT2D eigenvalue weighted by molar-refractivity contribution is 5.84. The summed E-state index contributed by atoms with van der Waals surface area (Å²) in [6, 6.07) is 0. The monoisotopic (exact) mass is 214 g/mol. The lowest BCUT2D eigenvalue weighted by Crippen LogP contribution is -2.24. The molecule has 15 heavy (non-hydrogen) atoms. The fourth-order valence-corrected chi connectivity index (χ4v) is 1.09. The first kappa shape index (κ1) is 14.1. The van der Waals surface area contributed by atoms with Crippen LogP contribution < -0.4 is 0 Å². The van der Waals surface area contributed by atoms with Crippen molar-refractivity contribution in [3.8, 4) is 0 Å². The van der Waals surface area contributed by atoms with Crippen LogP contribution in [0.3, 0.4) is 0 Å². The van der Waals surface area contributed by atoms with Gasteiger partial charge in [0.15, 0.2) is 0 Å². The van der Waals surface area contributed by atoms with E-state index in [1.165, 1.54) is 0 Å². The zero-order chi connectivity index (χ0) is 12.1. The zero-order valence-corrected chi connectivity index (χ0v) is 10.4. The molecule has 1 unspecified atom stereocenters. The Morgan fingerprint density at radius 3 is 2.13 bits per heavy atom. The quantitative estimate of drug-likeness (QED) is 0.661. The van der Waals surface area contributed by atoms with Gasteiger partial charge in [-0.25, -0.2) is 0 Å². The Kier molecular flexibility index (Phi) is 5.55. The average molecular weight is 214 g/mol. The molecule has 0 aromatic carbocycles. The van der Waals surface area contributed by atoms with Crippen molar-refractivity contribution in [2.75, 3.05) is 0 Å². The first-order valence-corrected chi connectivity index (χ1v) is 5.50. The van der Waals surface area contributed by atoms with E-state index in [1.54, 1.807) is 0 Å². The molecule has 0 saturated heterocycles. The minimum absolute atomic E-state index is 0.0486. The van der Waals surface area contributed by atoms with Crippen molar-refractivity contribution in [2.45, 2.75) is 59.5 Å². The molecule has 0 rings (SSSR count). The van der Waals surface area contributed by atoms with Crippen molar-refractivity contribution in [3.05, 3.63) is 0 Å². The number of ether oxygens (including phenoxy) is 1. The second kappa shape index (κ2) is 5.89. The van der Waals surface area contributed by atoms with Gasteiger partial charge in [0.1, 0.15) is 11.4 Å². The summed E-state index contributed by atoms with van der Waals surface area (Å²) in [5, 5.41) is 0. The number of rotatable bonds is 5. The molecule has 3 heteroatoms. The highest BCUT2D eigenvalue weighted by Gasteiger charge is 2.18. The lowest BCUT2D eigenvalue weighted by Gasteiger charge is -2.19. The van der Waals surface area contributed by atoms with Gasteiger partial charge in [-0.15, -0.1) is 0 Å². The molecular formula is C12H22O3. The van der Waals surface area contributed by atoms with Crippen LogP contribution in [-0.4, -0.2) is 17.4 Å². The van der Waals surface area contributed by atoms with E-state index in [9.17, 15) is 9.59 Å². The van der Waals surface area contributed by atoms with Gasteiger partial charge >= 0.3 is 5.97 Å². The Labute approximate surface area is 92.2 Å². The molecule has 0 amide bonds. The molecule has 1 atom stereocenters. The molecule has 88 valence electrons. The van der Waals surface area contributed by atoms with E-state index >= 15 is 0 Å². The molecule has 0 aromatic rings. The van der Waals surface area contributed by atoms with Crippen LogP contribution in [-0.2, 0) is 14.3 Å². The molecule has 3 nitrogen and oxygen atoms in total. The van der Waals surface area contributed by atoms with Crippen LogP contribution in [0.1, 0.15) is 53.9 Å². The highest BCUT2D eigenvalue weighted by atomic mass is 16.6. The minimum atomic E-state index is -0.462. The molecule has 0 bridgehead atoms. The maximum absolute atomic E-state index is 11.4. The Hall–Kier alpha value is -0.860. The summed E-state index contributed by atoms with van der Waals surface area (Å²) in [5.74, 6) is -0.102. The first-order valence-electron chi connectivity index (χ1n) is 5.50. The molecule has 0 fully saturated rings. The van der Waals surface area contributed by atoms with Gasteiger partial charge in [-0.05, 0) is 27.2 Å². The number of hydrogen-bond donors (Lipinski definition) is 0. The van der Waals surface area contributed by atoms with Crippen LogP contribution >= 0.6 is 0 Å². The first-order chi connectivity index (χ1) is 6.76. The van der Waals surface area contributed by atoms with Crippen LogP contribution in [0.5, 0.6) is 0 Å². The van der Waals surface area contributed by atoms with Gasteiger partial charge in [-0.2, -0.15) is 0 Å². The van der Waals surface area contributed by atoms with Gasteiger partial charge in [0, 0.05) is 12.3 Å². The number of Topliss-reactive ketones (excluding diaryl/α,β-unsaturated/α-hetero) is 1. The van der Waals surface area contributed by atoms with Crippen molar-refractivity contribution in [1.82, 2.24) is 0 Å². The number of hydrogen-bond acceptors (Lipinski definition) is 3. The Morgan fingerprint density at radius 1 is 1.20 bits per heavy atom. The predicted molar refractivity (Wildman–Crippen MR) is 59.5 cm³/mol. The number of ketones is 1. The van der Waals surface area contributed by atoms with E-state index in [1.807, 2.05) is 34.6 Å². The SMILES string of the molecule is CCC(C)C(=O)CCC(=O)OC(C)(C)C. The van der Waals surface area contributed by atoms with E-state index in [4.69, 9.17) is 4.74 Å². The summed E-state index contributed by atoms with van der Waals surface area (Å²) in [7, 11) is 0. The summed E-state index contributed by atoms with van der Waals surface area (Å²) >= 11 is 0. The molecule has 0 spiro atoms. The molecule has 0 saturated carbocycles. The van der Waals surface area contributed by atoms with Gasteiger partial charge < -0.3 is 4.74 Å². The molecule has 0 aliphatic carbocycles. The molecular weight excluding hydrogens is 192 g/mol. The summed E-state index contributed by atoms with van der Waals surface area (Å²) in [6.07, 6.45) is 1.32. The molecule has 0 aromatic heterocycles. The van der Waals surface area contributed by atoms with Crippen LogP contribution in [0.25, 0.3) is 0 Å². The van der Waals surface area contributed by atoms with E-state index in [0.29, 0.717) is 6.42 Å². The maximum Gasteiger partial charge on any atom is 0.306 e. The molecule has 0 aliphatic rings. The van der Waals surface area contributed by atoms with E-state index in [-0.39, 0.29) is 24.1 Å². The third-order valence-electron chi connectivity index (χ3n) is 2.16. The van der Waals surface area contributed by atoms with Crippen LogP contribution in [0.4, 0.5) is 0 Å². The molecule has 0 radical (unpaired) electrons. The lowest BCUT2D eigenvalue weighted by molar-refractivity contribution is -0.155.